The number of nitrogens with one attached hydrogen (secondary N) is 1. The first-order valence-electron chi connectivity index (χ1n) is 4.88. The lowest BCUT2D eigenvalue weighted by Gasteiger charge is -2.22. The number of benzene rings is 1. The molecule has 0 amide bonds. The third-order valence-electron chi connectivity index (χ3n) is 2.20. The molecule has 0 saturated carbocycles. The van der Waals surface area contributed by atoms with E-state index < -0.39 is 0 Å². The van der Waals surface area contributed by atoms with Crippen molar-refractivity contribution in [3.8, 4) is 0 Å². The molecule has 0 radical (unpaired) electrons. The van der Waals surface area contributed by atoms with Gasteiger partial charge in [0.25, 0.3) is 0 Å². The van der Waals surface area contributed by atoms with Gasteiger partial charge >= 0.3 is 0 Å². The molecule has 1 nitrogen and oxygen atoms in total. The molecular formula is C13H13NS. The van der Waals surface area contributed by atoms with Crippen LogP contribution in [0, 0.1) is 0 Å². The first-order valence-corrected chi connectivity index (χ1v) is 5.70. The average Bonchev–Trinajstić information content (AvgIpc) is 2.28. The third-order valence-corrected chi connectivity index (χ3v) is 3.35. The molecule has 0 spiro atoms. The summed E-state index contributed by atoms with van der Waals surface area (Å²) in [5.74, 6) is 0. The highest BCUT2D eigenvalue weighted by atomic mass is 32.2. The van der Waals surface area contributed by atoms with E-state index in [2.05, 4.69) is 36.2 Å². The molecule has 0 unspecified atom stereocenters. The summed E-state index contributed by atoms with van der Waals surface area (Å²) in [5.41, 5.74) is 2.33. The van der Waals surface area contributed by atoms with Gasteiger partial charge in [-0.2, -0.15) is 0 Å². The number of thioether (sulfide) groups is 1. The normalized spacial score (nSPS) is 19.8. The zero-order chi connectivity index (χ0) is 10.7. The van der Waals surface area contributed by atoms with E-state index in [1.807, 2.05) is 25.1 Å². The number of fused-ring (bicyclic) bond motifs is 1. The second kappa shape index (κ2) is 4.41. The van der Waals surface area contributed by atoms with Gasteiger partial charge in [-0.05, 0) is 25.1 Å². The summed E-state index contributed by atoms with van der Waals surface area (Å²) in [5, 5.41) is 3.41. The summed E-state index contributed by atoms with van der Waals surface area (Å²) in [6.07, 6.45) is 5.93. The van der Waals surface area contributed by atoms with Gasteiger partial charge in [-0.25, -0.2) is 0 Å². The molecule has 2 heteroatoms. The number of anilines is 1. The lowest BCUT2D eigenvalue weighted by atomic mass is 10.2. The van der Waals surface area contributed by atoms with Crippen molar-refractivity contribution in [3.05, 3.63) is 59.7 Å². The summed E-state index contributed by atoms with van der Waals surface area (Å²) in [7, 11) is 0. The molecule has 0 saturated heterocycles. The van der Waals surface area contributed by atoms with E-state index in [1.54, 1.807) is 11.8 Å². The van der Waals surface area contributed by atoms with Crippen molar-refractivity contribution in [1.29, 1.82) is 0 Å². The van der Waals surface area contributed by atoms with Gasteiger partial charge in [0.05, 0.1) is 5.69 Å². The van der Waals surface area contributed by atoms with Gasteiger partial charge in [0.2, 0.25) is 0 Å². The summed E-state index contributed by atoms with van der Waals surface area (Å²) in [4.78, 5) is 2.47. The fourth-order valence-electron chi connectivity index (χ4n) is 1.48. The van der Waals surface area contributed by atoms with Gasteiger partial charge in [-0.3, -0.25) is 0 Å². The maximum absolute atomic E-state index is 3.73. The molecule has 0 fully saturated rings. The van der Waals surface area contributed by atoms with E-state index in [0.717, 1.165) is 5.70 Å². The van der Waals surface area contributed by atoms with Crippen molar-refractivity contribution in [3.63, 3.8) is 0 Å². The predicted molar refractivity (Wildman–Crippen MR) is 68.0 cm³/mol. The maximum Gasteiger partial charge on any atom is 0.0526 e. The van der Waals surface area contributed by atoms with Crippen LogP contribution < -0.4 is 5.32 Å². The standard InChI is InChI=1S/C13H13NS/c1-3-7-12-10(4-2)14-11-8-5-6-9-13(11)15-12/h3-9,14H,1H2,2H3/b10-4+,12-7+. The first-order chi connectivity index (χ1) is 7.35. The van der Waals surface area contributed by atoms with Gasteiger partial charge in [0.1, 0.15) is 0 Å². The minimum absolute atomic E-state index is 1.15. The molecule has 2 rings (SSSR count). The molecule has 1 heterocycles. The van der Waals surface area contributed by atoms with Crippen LogP contribution in [0.5, 0.6) is 0 Å². The quantitative estimate of drug-likeness (QED) is 0.754. The van der Waals surface area contributed by atoms with Crippen molar-refractivity contribution in [2.45, 2.75) is 11.8 Å². The average molecular weight is 215 g/mol. The van der Waals surface area contributed by atoms with Crippen LogP contribution in [0.25, 0.3) is 0 Å². The molecule has 0 aromatic heterocycles. The van der Waals surface area contributed by atoms with E-state index in [4.69, 9.17) is 0 Å². The number of hydrogen-bond acceptors (Lipinski definition) is 2. The Hall–Kier alpha value is -1.41. The molecule has 76 valence electrons. The molecule has 15 heavy (non-hydrogen) atoms. The molecule has 1 N–H and O–H groups in total. The monoisotopic (exact) mass is 215 g/mol. The highest BCUT2D eigenvalue weighted by molar-refractivity contribution is 8.03. The lowest BCUT2D eigenvalue weighted by molar-refractivity contribution is 1.32. The van der Waals surface area contributed by atoms with E-state index in [0.29, 0.717) is 0 Å². The predicted octanol–water partition coefficient (Wildman–Crippen LogP) is 4.18. The Balaban J connectivity index is 2.44. The summed E-state index contributed by atoms with van der Waals surface area (Å²) >= 11 is 1.77. The molecule has 1 aromatic carbocycles. The molecule has 1 aliphatic rings. The van der Waals surface area contributed by atoms with Crippen LogP contribution in [0.1, 0.15) is 6.92 Å². The van der Waals surface area contributed by atoms with Crippen molar-refractivity contribution in [1.82, 2.24) is 0 Å². The Morgan fingerprint density at radius 3 is 2.87 bits per heavy atom. The van der Waals surface area contributed by atoms with E-state index in [9.17, 15) is 0 Å². The van der Waals surface area contributed by atoms with Crippen molar-refractivity contribution in [2.75, 3.05) is 5.32 Å². The van der Waals surface area contributed by atoms with Crippen LogP contribution in [0.15, 0.2) is 64.6 Å². The molecule has 0 atom stereocenters. The Morgan fingerprint density at radius 1 is 1.33 bits per heavy atom. The van der Waals surface area contributed by atoms with Crippen LogP contribution in [-0.2, 0) is 0 Å². The smallest absolute Gasteiger partial charge is 0.0526 e. The fraction of sp³-hybridized carbons (Fsp3) is 0.0769. The van der Waals surface area contributed by atoms with Crippen LogP contribution in [0.3, 0.4) is 0 Å². The van der Waals surface area contributed by atoms with E-state index >= 15 is 0 Å². The second-order valence-corrected chi connectivity index (χ2v) is 4.28. The van der Waals surface area contributed by atoms with Crippen LogP contribution in [0.2, 0.25) is 0 Å². The molecule has 1 aliphatic heterocycles. The third kappa shape index (κ3) is 2.00. The summed E-state index contributed by atoms with van der Waals surface area (Å²) in [6.45, 7) is 5.77. The van der Waals surface area contributed by atoms with Gasteiger partial charge in [0, 0.05) is 15.5 Å². The molecule has 1 aromatic rings. The number of allylic oxidation sites excluding steroid dienone is 3. The van der Waals surface area contributed by atoms with Crippen LogP contribution in [-0.4, -0.2) is 0 Å². The number of hydrogen-bond donors (Lipinski definition) is 1. The maximum atomic E-state index is 3.73. The summed E-state index contributed by atoms with van der Waals surface area (Å²) < 4.78 is 0. The second-order valence-electron chi connectivity index (χ2n) is 3.19. The van der Waals surface area contributed by atoms with Gasteiger partial charge in [-0.1, -0.05) is 42.6 Å². The van der Waals surface area contributed by atoms with Crippen molar-refractivity contribution < 1.29 is 0 Å². The van der Waals surface area contributed by atoms with Gasteiger partial charge < -0.3 is 5.32 Å². The van der Waals surface area contributed by atoms with Gasteiger partial charge in [-0.15, -0.1) is 0 Å². The zero-order valence-electron chi connectivity index (χ0n) is 8.66. The first kappa shape index (κ1) is 10.1. The summed E-state index contributed by atoms with van der Waals surface area (Å²) in [6, 6.07) is 8.31. The highest BCUT2D eigenvalue weighted by Crippen LogP contribution is 2.41. The van der Waals surface area contributed by atoms with E-state index in [1.165, 1.54) is 15.5 Å². The SMILES string of the molecule is C=C/C=C1/Sc2ccccc2N/C1=C/C. The van der Waals surface area contributed by atoms with Crippen molar-refractivity contribution in [2.24, 2.45) is 0 Å². The van der Waals surface area contributed by atoms with Crippen LogP contribution >= 0.6 is 11.8 Å². The molecular weight excluding hydrogens is 202 g/mol. The molecule has 0 bridgehead atoms. The van der Waals surface area contributed by atoms with Crippen LogP contribution in [0.4, 0.5) is 5.69 Å². The Bertz CT molecular complexity index is 444. The van der Waals surface area contributed by atoms with Gasteiger partial charge in [0.15, 0.2) is 0 Å². The van der Waals surface area contributed by atoms with Crippen molar-refractivity contribution >= 4 is 17.4 Å². The zero-order valence-corrected chi connectivity index (χ0v) is 9.47. The fourth-order valence-corrected chi connectivity index (χ4v) is 2.54. The van der Waals surface area contributed by atoms with E-state index in [-0.39, 0.29) is 0 Å². The largest absolute Gasteiger partial charge is 0.354 e. The lowest BCUT2D eigenvalue weighted by Crippen LogP contribution is -2.06. The Labute approximate surface area is 94.6 Å². The Morgan fingerprint density at radius 2 is 2.13 bits per heavy atom. The molecule has 0 aliphatic carbocycles. The topological polar surface area (TPSA) is 12.0 Å². The minimum Gasteiger partial charge on any atom is -0.354 e. The minimum atomic E-state index is 1.15. The Kier molecular flexibility index (Phi) is 2.97. The highest BCUT2D eigenvalue weighted by Gasteiger charge is 2.15. The number of rotatable bonds is 1. The number of para-hydroxylation sites is 1.